The molecule has 0 bridgehead atoms. The van der Waals surface area contributed by atoms with E-state index in [1.807, 2.05) is 36.6 Å². The monoisotopic (exact) mass is 290 g/mol. The molecule has 0 atom stereocenters. The molecule has 0 unspecified atom stereocenters. The third-order valence-electron chi connectivity index (χ3n) is 3.38. The largest absolute Gasteiger partial charge is 0.498 e. The Bertz CT molecular complexity index is 346. The van der Waals surface area contributed by atoms with Gasteiger partial charge in [0.15, 0.2) is 0 Å². The first-order valence-electron chi connectivity index (χ1n) is 8.38. The Labute approximate surface area is 130 Å². The van der Waals surface area contributed by atoms with Crippen LogP contribution in [0.15, 0.2) is 42.7 Å². The lowest BCUT2D eigenvalue weighted by molar-refractivity contribution is 0.178. The zero-order chi connectivity index (χ0) is 15.0. The topological polar surface area (TPSA) is 18.5 Å². The molecule has 1 rings (SSSR count). The molecule has 1 aromatic rings. The fourth-order valence-electron chi connectivity index (χ4n) is 2.15. The van der Waals surface area contributed by atoms with Crippen LogP contribution in [-0.4, -0.2) is 13.2 Å². The molecule has 0 N–H and O–H groups in total. The van der Waals surface area contributed by atoms with Crippen LogP contribution in [-0.2, 0) is 4.74 Å². The third-order valence-corrected chi connectivity index (χ3v) is 3.38. The predicted molar refractivity (Wildman–Crippen MR) is 89.6 cm³/mol. The average Bonchev–Trinajstić information content (AvgIpc) is 2.53. The Morgan fingerprint density at radius 1 is 0.857 bits per heavy atom. The SMILES string of the molecule is CCCCCCCCCC=COCCOc1ccccc1. The Hall–Kier alpha value is -1.44. The predicted octanol–water partition coefficient (Wildman–Crippen LogP) is 5.74. The molecule has 0 heterocycles. The highest BCUT2D eigenvalue weighted by atomic mass is 16.5. The molecule has 0 saturated heterocycles. The van der Waals surface area contributed by atoms with Gasteiger partial charge >= 0.3 is 0 Å². The van der Waals surface area contributed by atoms with Gasteiger partial charge in [-0.1, -0.05) is 63.6 Å². The molecule has 0 spiro atoms. The van der Waals surface area contributed by atoms with Crippen molar-refractivity contribution in [1.82, 2.24) is 0 Å². The lowest BCUT2D eigenvalue weighted by Gasteiger charge is -2.05. The van der Waals surface area contributed by atoms with Crippen molar-refractivity contribution in [3.05, 3.63) is 42.7 Å². The van der Waals surface area contributed by atoms with E-state index < -0.39 is 0 Å². The first-order chi connectivity index (χ1) is 10.4. The van der Waals surface area contributed by atoms with Gasteiger partial charge in [0.05, 0.1) is 6.26 Å². The zero-order valence-electron chi connectivity index (χ0n) is 13.4. The number of unbranched alkanes of at least 4 members (excludes halogenated alkanes) is 7. The van der Waals surface area contributed by atoms with Crippen molar-refractivity contribution in [3.8, 4) is 5.75 Å². The van der Waals surface area contributed by atoms with Crippen LogP contribution >= 0.6 is 0 Å². The molecular formula is C19H30O2. The fraction of sp³-hybridized carbons (Fsp3) is 0.579. The number of hydrogen-bond donors (Lipinski definition) is 0. The number of rotatable bonds is 13. The third kappa shape index (κ3) is 10.9. The van der Waals surface area contributed by atoms with Gasteiger partial charge in [0.25, 0.3) is 0 Å². The number of para-hydroxylation sites is 1. The lowest BCUT2D eigenvalue weighted by Crippen LogP contribution is -2.03. The van der Waals surface area contributed by atoms with Crippen LogP contribution < -0.4 is 4.74 Å². The molecule has 0 aliphatic carbocycles. The molecule has 2 heteroatoms. The number of ether oxygens (including phenoxy) is 2. The number of hydrogen-bond acceptors (Lipinski definition) is 2. The first-order valence-corrected chi connectivity index (χ1v) is 8.38. The smallest absolute Gasteiger partial charge is 0.122 e. The van der Waals surface area contributed by atoms with Crippen molar-refractivity contribution >= 4 is 0 Å². The van der Waals surface area contributed by atoms with Crippen LogP contribution in [0.4, 0.5) is 0 Å². The molecule has 2 nitrogen and oxygen atoms in total. The maximum atomic E-state index is 5.54. The van der Waals surface area contributed by atoms with Gasteiger partial charge in [-0.25, -0.2) is 0 Å². The van der Waals surface area contributed by atoms with Gasteiger partial charge in [0.2, 0.25) is 0 Å². The first kappa shape index (κ1) is 17.6. The minimum absolute atomic E-state index is 0.589. The van der Waals surface area contributed by atoms with Crippen LogP contribution in [0.1, 0.15) is 58.3 Å². The zero-order valence-corrected chi connectivity index (χ0v) is 13.4. The van der Waals surface area contributed by atoms with Gasteiger partial charge < -0.3 is 9.47 Å². The van der Waals surface area contributed by atoms with Gasteiger partial charge in [-0.2, -0.15) is 0 Å². The maximum Gasteiger partial charge on any atom is 0.122 e. The minimum Gasteiger partial charge on any atom is -0.498 e. The van der Waals surface area contributed by atoms with Crippen molar-refractivity contribution in [3.63, 3.8) is 0 Å². The Kier molecular flexibility index (Phi) is 11.4. The standard InChI is InChI=1S/C19H30O2/c1-2-3-4-5-6-7-8-9-13-16-20-17-18-21-19-14-11-10-12-15-19/h10-16H,2-9,17-18H2,1H3. The summed E-state index contributed by atoms with van der Waals surface area (Å²) in [6.07, 6.45) is 14.5. The average molecular weight is 290 g/mol. The van der Waals surface area contributed by atoms with E-state index in [-0.39, 0.29) is 0 Å². The van der Waals surface area contributed by atoms with E-state index in [1.165, 1.54) is 44.9 Å². The van der Waals surface area contributed by atoms with E-state index in [1.54, 1.807) is 0 Å². The molecule has 0 fully saturated rings. The minimum atomic E-state index is 0.589. The molecule has 0 aliphatic rings. The molecule has 0 saturated carbocycles. The second-order valence-electron chi connectivity index (χ2n) is 5.31. The van der Waals surface area contributed by atoms with E-state index in [4.69, 9.17) is 9.47 Å². The van der Waals surface area contributed by atoms with E-state index in [0.717, 1.165) is 12.2 Å². The highest BCUT2D eigenvalue weighted by Gasteiger charge is 1.91. The second-order valence-corrected chi connectivity index (χ2v) is 5.31. The van der Waals surface area contributed by atoms with Crippen LogP contribution in [0.25, 0.3) is 0 Å². The summed E-state index contributed by atoms with van der Waals surface area (Å²) in [4.78, 5) is 0. The summed E-state index contributed by atoms with van der Waals surface area (Å²) < 4.78 is 10.9. The summed E-state index contributed by atoms with van der Waals surface area (Å²) in [5, 5.41) is 0. The number of benzene rings is 1. The molecule has 0 aromatic heterocycles. The van der Waals surface area contributed by atoms with Crippen molar-refractivity contribution < 1.29 is 9.47 Å². The summed E-state index contributed by atoms with van der Waals surface area (Å²) in [5.41, 5.74) is 0. The van der Waals surface area contributed by atoms with Gasteiger partial charge in [0.1, 0.15) is 19.0 Å². The summed E-state index contributed by atoms with van der Waals surface area (Å²) in [6.45, 7) is 3.45. The Balaban J connectivity index is 1.83. The van der Waals surface area contributed by atoms with Crippen molar-refractivity contribution in [2.75, 3.05) is 13.2 Å². The number of allylic oxidation sites excluding steroid dienone is 1. The normalized spacial score (nSPS) is 10.9. The summed E-state index contributed by atoms with van der Waals surface area (Å²) >= 11 is 0. The lowest BCUT2D eigenvalue weighted by atomic mass is 10.1. The van der Waals surface area contributed by atoms with Crippen molar-refractivity contribution in [2.24, 2.45) is 0 Å². The summed E-state index contributed by atoms with van der Waals surface area (Å²) in [5.74, 6) is 0.896. The van der Waals surface area contributed by atoms with Gasteiger partial charge in [-0.15, -0.1) is 0 Å². The van der Waals surface area contributed by atoms with Crippen LogP contribution in [0, 0.1) is 0 Å². The van der Waals surface area contributed by atoms with Crippen molar-refractivity contribution in [1.29, 1.82) is 0 Å². The van der Waals surface area contributed by atoms with Gasteiger partial charge in [0, 0.05) is 0 Å². The summed E-state index contributed by atoms with van der Waals surface area (Å²) in [6, 6.07) is 9.83. The molecular weight excluding hydrogens is 260 g/mol. The van der Waals surface area contributed by atoms with Gasteiger partial charge in [-0.05, 0) is 31.1 Å². The Morgan fingerprint density at radius 2 is 1.57 bits per heavy atom. The molecule has 0 radical (unpaired) electrons. The van der Waals surface area contributed by atoms with E-state index in [0.29, 0.717) is 13.2 Å². The van der Waals surface area contributed by atoms with E-state index >= 15 is 0 Å². The Morgan fingerprint density at radius 3 is 2.33 bits per heavy atom. The van der Waals surface area contributed by atoms with Crippen LogP contribution in [0.3, 0.4) is 0 Å². The van der Waals surface area contributed by atoms with Crippen molar-refractivity contribution in [2.45, 2.75) is 58.3 Å². The van der Waals surface area contributed by atoms with Crippen LogP contribution in [0.5, 0.6) is 5.75 Å². The molecule has 0 aliphatic heterocycles. The second kappa shape index (κ2) is 13.5. The molecule has 118 valence electrons. The molecule has 0 amide bonds. The molecule has 21 heavy (non-hydrogen) atoms. The summed E-state index contributed by atoms with van der Waals surface area (Å²) in [7, 11) is 0. The van der Waals surface area contributed by atoms with E-state index in [9.17, 15) is 0 Å². The highest BCUT2D eigenvalue weighted by molar-refractivity contribution is 5.20. The quantitative estimate of drug-likeness (QED) is 0.341. The van der Waals surface area contributed by atoms with E-state index in [2.05, 4.69) is 13.0 Å². The van der Waals surface area contributed by atoms with Crippen LogP contribution in [0.2, 0.25) is 0 Å². The fourth-order valence-corrected chi connectivity index (χ4v) is 2.15. The highest BCUT2D eigenvalue weighted by Crippen LogP contribution is 2.09. The molecule has 1 aromatic carbocycles. The van der Waals surface area contributed by atoms with Gasteiger partial charge in [-0.3, -0.25) is 0 Å². The maximum absolute atomic E-state index is 5.54.